The SMILES string of the molecule is CCCN1CCN(C(=NCc2cccc(OC)c2)Nc2ccc(C(=O)O)cc2)CC1.O=C(O)C(F)(F)F. The molecule has 1 fully saturated rings. The molecule has 0 spiro atoms. The molecular formula is C25H31F3N4O5. The van der Waals surface area contributed by atoms with E-state index in [0.29, 0.717) is 6.54 Å². The van der Waals surface area contributed by atoms with Gasteiger partial charge >= 0.3 is 18.1 Å². The number of aromatic carboxylic acids is 1. The quantitative estimate of drug-likeness (QED) is 0.368. The maximum absolute atomic E-state index is 11.1. The van der Waals surface area contributed by atoms with Crippen LogP contribution in [0.15, 0.2) is 53.5 Å². The number of aliphatic carboxylic acids is 1. The fourth-order valence-electron chi connectivity index (χ4n) is 3.48. The second-order valence-electron chi connectivity index (χ2n) is 8.13. The zero-order valence-electron chi connectivity index (χ0n) is 20.7. The van der Waals surface area contributed by atoms with Crippen molar-refractivity contribution in [1.29, 1.82) is 0 Å². The smallest absolute Gasteiger partial charge is 0.490 e. The van der Waals surface area contributed by atoms with Gasteiger partial charge in [0, 0.05) is 31.9 Å². The molecule has 0 aromatic heterocycles. The number of ether oxygens (including phenoxy) is 1. The third-order valence-corrected chi connectivity index (χ3v) is 5.39. The van der Waals surface area contributed by atoms with E-state index in [4.69, 9.17) is 24.7 Å². The molecule has 3 rings (SSSR count). The highest BCUT2D eigenvalue weighted by Crippen LogP contribution is 2.16. The van der Waals surface area contributed by atoms with Crippen molar-refractivity contribution in [2.24, 2.45) is 4.99 Å². The first-order valence-corrected chi connectivity index (χ1v) is 11.6. The molecule has 1 aliphatic heterocycles. The van der Waals surface area contributed by atoms with E-state index >= 15 is 0 Å². The number of hydrogen-bond acceptors (Lipinski definition) is 5. The van der Waals surface area contributed by atoms with Crippen LogP contribution in [0, 0.1) is 0 Å². The summed E-state index contributed by atoms with van der Waals surface area (Å²) >= 11 is 0. The minimum absolute atomic E-state index is 0.267. The van der Waals surface area contributed by atoms with Crippen LogP contribution < -0.4 is 10.1 Å². The highest BCUT2D eigenvalue weighted by molar-refractivity contribution is 5.94. The number of guanidine groups is 1. The molecule has 0 amide bonds. The van der Waals surface area contributed by atoms with E-state index in [1.54, 1.807) is 31.4 Å². The molecule has 202 valence electrons. The lowest BCUT2D eigenvalue weighted by molar-refractivity contribution is -0.192. The number of alkyl halides is 3. The molecule has 0 radical (unpaired) electrons. The van der Waals surface area contributed by atoms with E-state index < -0.39 is 18.1 Å². The molecule has 0 atom stereocenters. The molecule has 12 heteroatoms. The van der Waals surface area contributed by atoms with Gasteiger partial charge in [-0.05, 0) is 54.9 Å². The third kappa shape index (κ3) is 10.00. The third-order valence-electron chi connectivity index (χ3n) is 5.39. The van der Waals surface area contributed by atoms with E-state index in [0.717, 1.165) is 62.1 Å². The number of aliphatic imine (C=N–C) groups is 1. The lowest BCUT2D eigenvalue weighted by atomic mass is 10.2. The van der Waals surface area contributed by atoms with Gasteiger partial charge in [0.25, 0.3) is 0 Å². The number of nitrogens with zero attached hydrogens (tertiary/aromatic N) is 3. The number of anilines is 1. The average molecular weight is 525 g/mol. The molecule has 37 heavy (non-hydrogen) atoms. The summed E-state index contributed by atoms with van der Waals surface area (Å²) in [6.45, 7) is 7.66. The van der Waals surface area contributed by atoms with Gasteiger partial charge in [-0.1, -0.05) is 19.1 Å². The largest absolute Gasteiger partial charge is 0.497 e. The number of benzene rings is 2. The normalized spacial score (nSPS) is 14.4. The van der Waals surface area contributed by atoms with Crippen molar-refractivity contribution in [2.75, 3.05) is 45.2 Å². The standard InChI is InChI=1S/C23H30N4O3.C2HF3O2/c1-3-11-26-12-14-27(15-13-26)23(24-17-18-5-4-6-21(16-18)30-2)25-20-9-7-19(8-10-20)22(28)29;3-2(4,5)1(6)7/h4-10,16H,3,11-15,17H2,1-2H3,(H,24,25)(H,28,29);(H,6,7). The fourth-order valence-corrected chi connectivity index (χ4v) is 3.48. The second-order valence-corrected chi connectivity index (χ2v) is 8.13. The van der Waals surface area contributed by atoms with Crippen molar-refractivity contribution in [3.8, 4) is 5.75 Å². The number of hydrogen-bond donors (Lipinski definition) is 3. The number of halogens is 3. The Hall–Kier alpha value is -3.80. The van der Waals surface area contributed by atoms with Crippen molar-refractivity contribution in [2.45, 2.75) is 26.1 Å². The van der Waals surface area contributed by atoms with Crippen LogP contribution in [0.2, 0.25) is 0 Å². The summed E-state index contributed by atoms with van der Waals surface area (Å²) < 4.78 is 37.0. The molecule has 0 aliphatic carbocycles. The van der Waals surface area contributed by atoms with Crippen molar-refractivity contribution in [3.63, 3.8) is 0 Å². The molecule has 2 aromatic carbocycles. The van der Waals surface area contributed by atoms with E-state index in [1.165, 1.54) is 0 Å². The minimum Gasteiger partial charge on any atom is -0.497 e. The maximum atomic E-state index is 11.1. The second kappa shape index (κ2) is 14.1. The van der Waals surface area contributed by atoms with E-state index in [2.05, 4.69) is 22.0 Å². The van der Waals surface area contributed by atoms with Gasteiger partial charge in [-0.15, -0.1) is 0 Å². The topological polar surface area (TPSA) is 115 Å². The molecule has 2 aromatic rings. The van der Waals surface area contributed by atoms with E-state index in [9.17, 15) is 18.0 Å². The Morgan fingerprint density at radius 2 is 1.68 bits per heavy atom. The Kier molecular flexibility index (Phi) is 11.2. The molecule has 9 nitrogen and oxygen atoms in total. The van der Waals surface area contributed by atoms with Crippen LogP contribution in [0.1, 0.15) is 29.3 Å². The Labute approximate surface area is 213 Å². The van der Waals surface area contributed by atoms with Crippen LogP contribution in [0.4, 0.5) is 18.9 Å². The average Bonchev–Trinajstić information content (AvgIpc) is 2.87. The van der Waals surface area contributed by atoms with Gasteiger partial charge in [0.15, 0.2) is 5.96 Å². The van der Waals surface area contributed by atoms with Crippen molar-refractivity contribution >= 4 is 23.6 Å². The van der Waals surface area contributed by atoms with Crippen LogP contribution in [0.25, 0.3) is 0 Å². The van der Waals surface area contributed by atoms with Crippen molar-refractivity contribution in [1.82, 2.24) is 9.80 Å². The molecule has 1 aliphatic rings. The predicted molar refractivity (Wildman–Crippen MR) is 133 cm³/mol. The summed E-state index contributed by atoms with van der Waals surface area (Å²) in [5.41, 5.74) is 2.16. The lowest BCUT2D eigenvalue weighted by Crippen LogP contribution is -2.50. The van der Waals surface area contributed by atoms with Crippen LogP contribution >= 0.6 is 0 Å². The van der Waals surface area contributed by atoms with Gasteiger partial charge in [0.05, 0.1) is 19.2 Å². The Bertz CT molecular complexity index is 1050. The number of methoxy groups -OCH3 is 1. The van der Waals surface area contributed by atoms with Crippen LogP contribution in [0.3, 0.4) is 0 Å². The van der Waals surface area contributed by atoms with Gasteiger partial charge in [0.1, 0.15) is 5.75 Å². The molecule has 1 saturated heterocycles. The monoisotopic (exact) mass is 524 g/mol. The van der Waals surface area contributed by atoms with Crippen molar-refractivity contribution < 1.29 is 37.7 Å². The van der Waals surface area contributed by atoms with E-state index in [1.807, 2.05) is 24.3 Å². The number of nitrogens with one attached hydrogen (secondary N) is 1. The summed E-state index contributed by atoms with van der Waals surface area (Å²) in [5.74, 6) is -2.07. The highest BCUT2D eigenvalue weighted by Gasteiger charge is 2.38. The summed E-state index contributed by atoms with van der Waals surface area (Å²) in [5, 5.41) is 19.6. The van der Waals surface area contributed by atoms with Gasteiger partial charge in [0.2, 0.25) is 0 Å². The first-order chi connectivity index (χ1) is 17.5. The van der Waals surface area contributed by atoms with Gasteiger partial charge < -0.3 is 25.2 Å². The summed E-state index contributed by atoms with van der Waals surface area (Å²) in [6.07, 6.45) is -3.93. The first-order valence-electron chi connectivity index (χ1n) is 11.6. The molecule has 3 N–H and O–H groups in total. The van der Waals surface area contributed by atoms with Crippen LogP contribution in [0.5, 0.6) is 5.75 Å². The maximum Gasteiger partial charge on any atom is 0.490 e. The number of piperazine rings is 1. The van der Waals surface area contributed by atoms with Crippen molar-refractivity contribution in [3.05, 3.63) is 59.7 Å². The molecule has 0 unspecified atom stereocenters. The summed E-state index contributed by atoms with van der Waals surface area (Å²) in [6, 6.07) is 14.7. The van der Waals surface area contributed by atoms with Crippen LogP contribution in [-0.2, 0) is 11.3 Å². The van der Waals surface area contributed by atoms with Gasteiger partial charge in [-0.25, -0.2) is 14.6 Å². The fraction of sp³-hybridized carbons (Fsp3) is 0.400. The molecule has 1 heterocycles. The zero-order chi connectivity index (χ0) is 27.4. The molecule has 0 bridgehead atoms. The number of carbonyl (C=O) groups is 2. The Morgan fingerprint density at radius 1 is 1.05 bits per heavy atom. The summed E-state index contributed by atoms with van der Waals surface area (Å²) in [4.78, 5) is 29.6. The van der Waals surface area contributed by atoms with Gasteiger partial charge in [-0.3, -0.25) is 4.90 Å². The first kappa shape index (κ1) is 29.4. The molecular weight excluding hydrogens is 493 g/mol. The minimum atomic E-state index is -5.08. The predicted octanol–water partition coefficient (Wildman–Crippen LogP) is 4.02. The highest BCUT2D eigenvalue weighted by atomic mass is 19.4. The number of carboxylic acid groups (broad SMARTS) is 2. The molecule has 0 saturated carbocycles. The number of carboxylic acids is 2. The number of rotatable bonds is 7. The Balaban J connectivity index is 0.000000604. The van der Waals surface area contributed by atoms with Crippen LogP contribution in [-0.4, -0.2) is 83.9 Å². The van der Waals surface area contributed by atoms with E-state index in [-0.39, 0.29) is 5.56 Å². The zero-order valence-corrected chi connectivity index (χ0v) is 20.7. The summed E-state index contributed by atoms with van der Waals surface area (Å²) in [7, 11) is 1.66. The lowest BCUT2D eigenvalue weighted by Gasteiger charge is -2.36. The Morgan fingerprint density at radius 3 is 2.19 bits per heavy atom. The van der Waals surface area contributed by atoms with Gasteiger partial charge in [-0.2, -0.15) is 13.2 Å².